The van der Waals surface area contributed by atoms with Gasteiger partial charge < -0.3 is 9.57 Å². The number of rotatable bonds is 1. The van der Waals surface area contributed by atoms with Crippen molar-refractivity contribution in [1.29, 1.82) is 0 Å². The van der Waals surface area contributed by atoms with E-state index in [1.54, 1.807) is 0 Å². The fourth-order valence-electron chi connectivity index (χ4n) is 2.32. The molecule has 5 heteroatoms. The third-order valence-corrected chi connectivity index (χ3v) is 3.46. The van der Waals surface area contributed by atoms with Crippen LogP contribution in [0, 0.1) is 5.92 Å². The zero-order valence-electron chi connectivity index (χ0n) is 8.12. The molecule has 1 saturated carbocycles. The predicted octanol–water partition coefficient (Wildman–Crippen LogP) is 1.32. The average molecular weight is 218 g/mol. The zero-order chi connectivity index (χ0) is 10.3. The topological polar surface area (TPSA) is 47.9 Å². The van der Waals surface area contributed by atoms with Gasteiger partial charge in [0.2, 0.25) is 5.60 Å². The molecule has 0 aromatic heterocycles. The van der Waals surface area contributed by atoms with Gasteiger partial charge in [0.05, 0.1) is 18.7 Å². The number of hydrogen-bond acceptors (Lipinski definition) is 4. The molecule has 2 aliphatic rings. The lowest BCUT2D eigenvalue weighted by Gasteiger charge is -2.23. The van der Waals surface area contributed by atoms with Gasteiger partial charge in [0, 0.05) is 11.8 Å². The molecule has 0 saturated heterocycles. The lowest BCUT2D eigenvalue weighted by molar-refractivity contribution is -0.168. The molecule has 0 aromatic carbocycles. The molecule has 0 radical (unpaired) electrons. The molecule has 1 aliphatic heterocycles. The number of ether oxygens (including phenoxy) is 1. The van der Waals surface area contributed by atoms with E-state index in [2.05, 4.69) is 5.16 Å². The van der Waals surface area contributed by atoms with Crippen molar-refractivity contribution >= 4 is 23.3 Å². The minimum Gasteiger partial charge on any atom is -0.466 e. The van der Waals surface area contributed by atoms with Gasteiger partial charge in [0.1, 0.15) is 0 Å². The van der Waals surface area contributed by atoms with E-state index in [-0.39, 0.29) is 17.3 Å². The van der Waals surface area contributed by atoms with Gasteiger partial charge >= 0.3 is 5.97 Å². The van der Waals surface area contributed by atoms with Crippen LogP contribution in [0.2, 0.25) is 0 Å². The Morgan fingerprint density at radius 2 is 2.50 bits per heavy atom. The first-order chi connectivity index (χ1) is 6.62. The Morgan fingerprint density at radius 3 is 3.14 bits per heavy atom. The summed E-state index contributed by atoms with van der Waals surface area (Å²) in [5, 5.41) is 3.76. The van der Waals surface area contributed by atoms with Crippen LogP contribution in [0.3, 0.4) is 0 Å². The third-order valence-electron chi connectivity index (χ3n) is 2.99. The van der Waals surface area contributed by atoms with E-state index in [1.165, 1.54) is 7.11 Å². The first-order valence-electron chi connectivity index (χ1n) is 4.57. The highest BCUT2D eigenvalue weighted by Crippen LogP contribution is 2.46. The highest BCUT2D eigenvalue weighted by molar-refractivity contribution is 6.23. The monoisotopic (exact) mass is 217 g/mol. The summed E-state index contributed by atoms with van der Waals surface area (Å²) in [7, 11) is 1.35. The van der Waals surface area contributed by atoms with Crippen molar-refractivity contribution in [2.45, 2.75) is 30.7 Å². The molecule has 0 amide bonds. The number of nitrogens with zero attached hydrogens (tertiary/aromatic N) is 1. The first-order valence-corrected chi connectivity index (χ1v) is 5.00. The van der Waals surface area contributed by atoms with Crippen LogP contribution >= 0.6 is 11.6 Å². The molecule has 3 unspecified atom stereocenters. The van der Waals surface area contributed by atoms with Crippen LogP contribution in [0.25, 0.3) is 0 Å². The Balaban J connectivity index is 2.33. The minimum atomic E-state index is -0.939. The van der Waals surface area contributed by atoms with Gasteiger partial charge in [-0.3, -0.25) is 0 Å². The zero-order valence-corrected chi connectivity index (χ0v) is 8.87. The van der Waals surface area contributed by atoms with E-state index in [4.69, 9.17) is 21.2 Å². The molecule has 1 aliphatic carbocycles. The van der Waals surface area contributed by atoms with Gasteiger partial charge in [-0.05, 0) is 13.3 Å². The Kier molecular flexibility index (Phi) is 2.18. The second-order valence-electron chi connectivity index (χ2n) is 3.74. The normalized spacial score (nSPS) is 40.1. The smallest absolute Gasteiger partial charge is 0.353 e. The molecular formula is C9H12ClNO3. The van der Waals surface area contributed by atoms with Gasteiger partial charge in [-0.25, -0.2) is 4.79 Å². The molecule has 3 atom stereocenters. The van der Waals surface area contributed by atoms with Gasteiger partial charge in [-0.15, -0.1) is 11.6 Å². The number of fused-ring (bicyclic) bond motifs is 1. The van der Waals surface area contributed by atoms with E-state index in [1.807, 2.05) is 6.92 Å². The summed E-state index contributed by atoms with van der Waals surface area (Å²) in [6.45, 7) is 1.83. The summed E-state index contributed by atoms with van der Waals surface area (Å²) >= 11 is 6.13. The van der Waals surface area contributed by atoms with Crippen molar-refractivity contribution < 1.29 is 14.4 Å². The van der Waals surface area contributed by atoms with Gasteiger partial charge in [-0.1, -0.05) is 5.16 Å². The molecule has 4 nitrogen and oxygen atoms in total. The Labute approximate surface area is 87.2 Å². The minimum absolute atomic E-state index is 0.0830. The van der Waals surface area contributed by atoms with E-state index in [9.17, 15) is 4.79 Å². The Morgan fingerprint density at radius 1 is 1.79 bits per heavy atom. The maximum absolute atomic E-state index is 11.6. The van der Waals surface area contributed by atoms with Crippen molar-refractivity contribution in [1.82, 2.24) is 0 Å². The lowest BCUT2D eigenvalue weighted by atomic mass is 9.88. The largest absolute Gasteiger partial charge is 0.466 e. The second kappa shape index (κ2) is 3.12. The summed E-state index contributed by atoms with van der Waals surface area (Å²) in [4.78, 5) is 16.9. The second-order valence-corrected chi connectivity index (χ2v) is 4.30. The van der Waals surface area contributed by atoms with E-state index >= 15 is 0 Å². The highest BCUT2D eigenvalue weighted by atomic mass is 35.5. The molecule has 1 fully saturated rings. The van der Waals surface area contributed by atoms with Gasteiger partial charge in [0.25, 0.3) is 0 Å². The van der Waals surface area contributed by atoms with Crippen molar-refractivity contribution in [3.63, 3.8) is 0 Å². The maximum atomic E-state index is 11.6. The summed E-state index contributed by atoms with van der Waals surface area (Å²) in [5.41, 5.74) is -0.154. The number of methoxy groups -OCH3 is 1. The molecule has 14 heavy (non-hydrogen) atoms. The Hall–Kier alpha value is -0.770. The van der Waals surface area contributed by atoms with Gasteiger partial charge in [0.15, 0.2) is 0 Å². The molecule has 0 N–H and O–H groups in total. The standard InChI is InChI=1S/C9H12ClNO3/c1-5-7-6(10)3-4-9(7,14-11-5)8(12)13-2/h6-7H,3-4H2,1-2H3. The summed E-state index contributed by atoms with van der Waals surface area (Å²) in [5.74, 6) is -0.497. The fourth-order valence-corrected chi connectivity index (χ4v) is 2.81. The number of carbonyl (C=O) groups excluding carboxylic acids is 1. The molecular weight excluding hydrogens is 206 g/mol. The van der Waals surface area contributed by atoms with Crippen molar-refractivity contribution in [3.05, 3.63) is 0 Å². The van der Waals surface area contributed by atoms with E-state index < -0.39 is 5.60 Å². The van der Waals surface area contributed by atoms with Crippen LogP contribution in [-0.4, -0.2) is 29.8 Å². The van der Waals surface area contributed by atoms with Crippen molar-refractivity contribution in [2.24, 2.45) is 11.1 Å². The molecule has 2 rings (SSSR count). The summed E-state index contributed by atoms with van der Waals surface area (Å²) in [6.07, 6.45) is 1.34. The van der Waals surface area contributed by atoms with Crippen LogP contribution in [0.15, 0.2) is 5.16 Å². The summed E-state index contributed by atoms with van der Waals surface area (Å²) < 4.78 is 4.74. The van der Waals surface area contributed by atoms with Crippen LogP contribution in [0.1, 0.15) is 19.8 Å². The van der Waals surface area contributed by atoms with Crippen LogP contribution < -0.4 is 0 Å². The van der Waals surface area contributed by atoms with Crippen molar-refractivity contribution in [3.8, 4) is 0 Å². The number of halogens is 1. The number of esters is 1. The van der Waals surface area contributed by atoms with Crippen LogP contribution in [0.5, 0.6) is 0 Å². The highest BCUT2D eigenvalue weighted by Gasteiger charge is 2.61. The molecule has 78 valence electrons. The fraction of sp³-hybridized carbons (Fsp3) is 0.778. The number of hydrogen-bond donors (Lipinski definition) is 0. The van der Waals surface area contributed by atoms with Crippen molar-refractivity contribution in [2.75, 3.05) is 7.11 Å². The number of alkyl halides is 1. The van der Waals surface area contributed by atoms with Crippen LogP contribution in [-0.2, 0) is 14.4 Å². The maximum Gasteiger partial charge on any atom is 0.353 e. The molecule has 1 heterocycles. The average Bonchev–Trinajstić information content (AvgIpc) is 2.68. The SMILES string of the molecule is COC(=O)C12CCC(Cl)C1C(C)=NO2. The van der Waals surface area contributed by atoms with Crippen LogP contribution in [0.4, 0.5) is 0 Å². The molecule has 0 bridgehead atoms. The third kappa shape index (κ3) is 1.06. The van der Waals surface area contributed by atoms with E-state index in [0.717, 1.165) is 12.1 Å². The molecule has 0 aromatic rings. The molecule has 0 spiro atoms. The first kappa shape index (κ1) is 9.77. The quantitative estimate of drug-likeness (QED) is 0.492. The summed E-state index contributed by atoms with van der Waals surface area (Å²) in [6, 6.07) is 0. The lowest BCUT2D eigenvalue weighted by Crippen LogP contribution is -2.45. The number of oxime groups is 1. The predicted molar refractivity (Wildman–Crippen MR) is 51.3 cm³/mol. The van der Waals surface area contributed by atoms with E-state index in [0.29, 0.717) is 6.42 Å². The number of carbonyl (C=O) groups is 1. The van der Waals surface area contributed by atoms with Gasteiger partial charge in [-0.2, -0.15) is 0 Å². The Bertz CT molecular complexity index is 304.